The first-order valence-corrected chi connectivity index (χ1v) is 11.0. The zero-order valence-electron chi connectivity index (χ0n) is 19.5. The number of ether oxygens (including phenoxy) is 2. The van der Waals surface area contributed by atoms with Crippen molar-refractivity contribution >= 4 is 17.8 Å². The number of rotatable bonds is 23. The maximum absolute atomic E-state index is 12.4. The van der Waals surface area contributed by atoms with Gasteiger partial charge >= 0.3 is 11.9 Å². The standard InChI is InChI=1S/C18H30N4O14/c23-16(8-2-6-12-35-21(28)29)19-15(14-33-17(24)9-3-7-13-36-22(30)31)18(25)32-10-4-1-5-11-34-20(26)27/h15H,1-14H2,(H,19,23). The van der Waals surface area contributed by atoms with Crippen molar-refractivity contribution in [1.82, 2.24) is 5.32 Å². The normalized spacial score (nSPS) is 11.0. The molecule has 1 amide bonds. The number of amides is 1. The van der Waals surface area contributed by atoms with Gasteiger partial charge in [-0.3, -0.25) is 9.59 Å². The Hall–Kier alpha value is -3.99. The van der Waals surface area contributed by atoms with E-state index in [-0.39, 0.29) is 65.0 Å². The van der Waals surface area contributed by atoms with Crippen LogP contribution in [0, 0.1) is 30.3 Å². The molecule has 18 nitrogen and oxygen atoms in total. The lowest BCUT2D eigenvalue weighted by Gasteiger charge is -2.18. The Kier molecular flexibility index (Phi) is 18.1. The van der Waals surface area contributed by atoms with Crippen LogP contribution in [0.3, 0.4) is 0 Å². The van der Waals surface area contributed by atoms with Crippen LogP contribution in [0.2, 0.25) is 0 Å². The van der Waals surface area contributed by atoms with E-state index >= 15 is 0 Å². The summed E-state index contributed by atoms with van der Waals surface area (Å²) >= 11 is 0. The highest BCUT2D eigenvalue weighted by atomic mass is 17.0. The van der Waals surface area contributed by atoms with Crippen LogP contribution >= 0.6 is 0 Å². The van der Waals surface area contributed by atoms with E-state index in [2.05, 4.69) is 19.8 Å². The quantitative estimate of drug-likeness (QED) is 0.0834. The van der Waals surface area contributed by atoms with Gasteiger partial charge in [0.15, 0.2) is 6.04 Å². The largest absolute Gasteiger partial charge is 0.464 e. The molecule has 0 aliphatic rings. The van der Waals surface area contributed by atoms with Crippen molar-refractivity contribution in [1.29, 1.82) is 0 Å². The van der Waals surface area contributed by atoms with E-state index in [4.69, 9.17) is 9.47 Å². The van der Waals surface area contributed by atoms with Crippen molar-refractivity contribution in [3.05, 3.63) is 30.3 Å². The molecule has 0 saturated carbocycles. The SMILES string of the molecule is O=C(CCCCO[N+](=O)[O-])NC(COC(=O)CCCCO[N+](=O)[O-])C(=O)OCCCCCO[N+](=O)[O-]. The average Bonchev–Trinajstić information content (AvgIpc) is 2.79. The van der Waals surface area contributed by atoms with Crippen molar-refractivity contribution in [2.75, 3.05) is 33.0 Å². The molecule has 1 atom stereocenters. The first kappa shape index (κ1) is 32.0. The fourth-order valence-corrected chi connectivity index (χ4v) is 2.51. The van der Waals surface area contributed by atoms with Crippen LogP contribution in [0.15, 0.2) is 0 Å². The second kappa shape index (κ2) is 20.4. The summed E-state index contributed by atoms with van der Waals surface area (Å²) in [7, 11) is 0. The van der Waals surface area contributed by atoms with Gasteiger partial charge in [-0.2, -0.15) is 0 Å². The number of nitrogens with one attached hydrogen (secondary N) is 1. The topological polar surface area (TPSA) is 239 Å². The number of nitrogens with zero attached hydrogens (tertiary/aromatic N) is 3. The number of unbranched alkanes of at least 4 members (excludes halogenated alkanes) is 4. The molecule has 206 valence electrons. The number of carbonyl (C=O) groups is 3. The first-order chi connectivity index (χ1) is 17.1. The zero-order chi connectivity index (χ0) is 27.2. The molecule has 0 aromatic carbocycles. The summed E-state index contributed by atoms with van der Waals surface area (Å²) in [6.07, 6.45) is 1.95. The Morgan fingerprint density at radius 1 is 0.639 bits per heavy atom. The molecule has 0 rings (SSSR count). The molecule has 0 radical (unpaired) electrons. The van der Waals surface area contributed by atoms with Crippen LogP contribution in [-0.2, 0) is 38.4 Å². The summed E-state index contributed by atoms with van der Waals surface area (Å²) in [5, 5.41) is 29.8. The lowest BCUT2D eigenvalue weighted by atomic mass is 10.2. The molecule has 1 N–H and O–H groups in total. The second-order valence-corrected chi connectivity index (χ2v) is 7.12. The molecular weight excluding hydrogens is 496 g/mol. The summed E-state index contributed by atoms with van der Waals surface area (Å²) in [6.45, 7) is -1.04. The van der Waals surface area contributed by atoms with Crippen LogP contribution in [0.4, 0.5) is 0 Å². The third-order valence-corrected chi connectivity index (χ3v) is 4.23. The maximum atomic E-state index is 12.4. The smallest absolute Gasteiger partial charge is 0.332 e. The number of hydrogen-bond donors (Lipinski definition) is 1. The van der Waals surface area contributed by atoms with Gasteiger partial charge in [0, 0.05) is 12.8 Å². The lowest BCUT2D eigenvalue weighted by molar-refractivity contribution is -0.757. The molecule has 0 heterocycles. The van der Waals surface area contributed by atoms with Gasteiger partial charge in [-0.05, 0) is 44.9 Å². The van der Waals surface area contributed by atoms with E-state index in [1.165, 1.54) is 0 Å². The minimum absolute atomic E-state index is 0.0493. The Morgan fingerprint density at radius 2 is 1.11 bits per heavy atom. The van der Waals surface area contributed by atoms with E-state index in [9.17, 15) is 44.7 Å². The van der Waals surface area contributed by atoms with Gasteiger partial charge in [0.25, 0.3) is 15.3 Å². The molecule has 0 aliphatic carbocycles. The first-order valence-electron chi connectivity index (χ1n) is 11.0. The number of hydrogen-bond acceptors (Lipinski definition) is 14. The third kappa shape index (κ3) is 20.6. The molecule has 0 spiro atoms. The summed E-state index contributed by atoms with van der Waals surface area (Å²) in [5.74, 6) is -2.15. The van der Waals surface area contributed by atoms with Gasteiger partial charge < -0.3 is 29.3 Å². The minimum Gasteiger partial charge on any atom is -0.464 e. The Bertz CT molecular complexity index is 720. The van der Waals surface area contributed by atoms with Crippen molar-refractivity contribution in [2.45, 2.75) is 63.8 Å². The molecule has 36 heavy (non-hydrogen) atoms. The van der Waals surface area contributed by atoms with Gasteiger partial charge in [0.2, 0.25) is 5.91 Å². The van der Waals surface area contributed by atoms with E-state index in [0.29, 0.717) is 19.3 Å². The Morgan fingerprint density at radius 3 is 1.64 bits per heavy atom. The van der Waals surface area contributed by atoms with Gasteiger partial charge in [0.1, 0.15) is 6.61 Å². The summed E-state index contributed by atoms with van der Waals surface area (Å²) in [5.41, 5.74) is 0. The average molecular weight is 526 g/mol. The summed E-state index contributed by atoms with van der Waals surface area (Å²) in [4.78, 5) is 79.0. The van der Waals surface area contributed by atoms with E-state index in [1.807, 2.05) is 0 Å². The van der Waals surface area contributed by atoms with Crippen LogP contribution in [-0.4, -0.2) is 72.2 Å². The molecule has 0 aliphatic heterocycles. The fraction of sp³-hybridized carbons (Fsp3) is 0.833. The van der Waals surface area contributed by atoms with Gasteiger partial charge in [0.05, 0.1) is 26.4 Å². The number of carbonyl (C=O) groups excluding carboxylic acids is 3. The van der Waals surface area contributed by atoms with Crippen molar-refractivity contribution < 1.29 is 53.6 Å². The monoisotopic (exact) mass is 526 g/mol. The van der Waals surface area contributed by atoms with E-state index < -0.39 is 45.8 Å². The number of esters is 2. The van der Waals surface area contributed by atoms with Crippen molar-refractivity contribution in [2.24, 2.45) is 0 Å². The predicted molar refractivity (Wildman–Crippen MR) is 114 cm³/mol. The Balaban J connectivity index is 4.50. The molecule has 0 bridgehead atoms. The van der Waals surface area contributed by atoms with Crippen molar-refractivity contribution in [3.8, 4) is 0 Å². The van der Waals surface area contributed by atoms with Gasteiger partial charge in [-0.25, -0.2) is 4.79 Å². The summed E-state index contributed by atoms with van der Waals surface area (Å²) < 4.78 is 10.1. The van der Waals surface area contributed by atoms with Crippen molar-refractivity contribution in [3.63, 3.8) is 0 Å². The highest BCUT2D eigenvalue weighted by Gasteiger charge is 2.24. The van der Waals surface area contributed by atoms with Crippen LogP contribution in [0.5, 0.6) is 0 Å². The van der Waals surface area contributed by atoms with Crippen LogP contribution in [0.1, 0.15) is 57.8 Å². The predicted octanol–water partition coefficient (Wildman–Crippen LogP) is 0.693. The van der Waals surface area contributed by atoms with Gasteiger partial charge in [-0.15, -0.1) is 30.3 Å². The van der Waals surface area contributed by atoms with Crippen LogP contribution < -0.4 is 5.32 Å². The lowest BCUT2D eigenvalue weighted by Crippen LogP contribution is -2.45. The molecule has 1 unspecified atom stereocenters. The highest BCUT2D eigenvalue weighted by molar-refractivity contribution is 5.84. The Labute approximate surface area is 204 Å². The highest BCUT2D eigenvalue weighted by Crippen LogP contribution is 2.04. The van der Waals surface area contributed by atoms with Crippen LogP contribution in [0.25, 0.3) is 0 Å². The second-order valence-electron chi connectivity index (χ2n) is 7.12. The minimum atomic E-state index is -1.31. The van der Waals surface area contributed by atoms with E-state index in [1.54, 1.807) is 0 Å². The molecule has 0 aromatic heterocycles. The molecule has 0 aromatic rings. The maximum Gasteiger partial charge on any atom is 0.332 e. The molecule has 18 heteroatoms. The molecule has 0 fully saturated rings. The third-order valence-electron chi connectivity index (χ3n) is 4.23. The molecular formula is C18H30N4O14. The fourth-order valence-electron chi connectivity index (χ4n) is 2.51. The summed E-state index contributed by atoms with van der Waals surface area (Å²) in [6, 6.07) is -1.31. The van der Waals surface area contributed by atoms with Gasteiger partial charge in [-0.1, -0.05) is 0 Å². The molecule has 0 saturated heterocycles. The van der Waals surface area contributed by atoms with E-state index in [0.717, 1.165) is 0 Å². The zero-order valence-corrected chi connectivity index (χ0v) is 19.5.